The summed E-state index contributed by atoms with van der Waals surface area (Å²) in [6.07, 6.45) is 41.6. The molecule has 0 radical (unpaired) electrons. The Hall–Kier alpha value is -2.36. The highest BCUT2D eigenvalue weighted by atomic mass is 16.5. The number of hydrogen-bond donors (Lipinski definition) is 1. The molecule has 0 heterocycles. The summed E-state index contributed by atoms with van der Waals surface area (Å²) >= 11 is 0. The minimum absolute atomic E-state index is 0.0560. The second kappa shape index (κ2) is 30.2. The zero-order valence-corrected chi connectivity index (χ0v) is 25.2. The monoisotopic (exact) mass is 542 g/mol. The number of carboxylic acids is 1. The fourth-order valence-corrected chi connectivity index (χ4v) is 4.21. The summed E-state index contributed by atoms with van der Waals surface area (Å²) in [6.45, 7) is 4.25. The van der Waals surface area contributed by atoms with E-state index in [1.807, 2.05) is 0 Å². The van der Waals surface area contributed by atoms with Gasteiger partial charge in [0.25, 0.3) is 0 Å². The number of carboxylic acid groups (broad SMARTS) is 1. The third kappa shape index (κ3) is 30.0. The number of hydrogen-bond acceptors (Lipinski definition) is 3. The zero-order valence-electron chi connectivity index (χ0n) is 25.2. The summed E-state index contributed by atoms with van der Waals surface area (Å²) < 4.78 is 5.70. The Morgan fingerprint density at radius 1 is 0.590 bits per heavy atom. The number of allylic oxidation sites excluding steroid dienone is 10. The molecule has 0 aromatic heterocycles. The lowest BCUT2D eigenvalue weighted by Gasteiger charge is -2.16. The lowest BCUT2D eigenvalue weighted by atomic mass is 10.0. The number of aliphatic carboxylic acids is 1. The molecular formula is C35H58O4. The van der Waals surface area contributed by atoms with Crippen LogP contribution < -0.4 is 0 Å². The second-order valence-corrected chi connectivity index (χ2v) is 10.2. The van der Waals surface area contributed by atoms with E-state index in [9.17, 15) is 9.59 Å². The van der Waals surface area contributed by atoms with Gasteiger partial charge in [0.1, 0.15) is 6.10 Å². The third-order valence-corrected chi connectivity index (χ3v) is 6.58. The van der Waals surface area contributed by atoms with Crippen molar-refractivity contribution in [1.82, 2.24) is 0 Å². The summed E-state index contributed by atoms with van der Waals surface area (Å²) in [7, 11) is 0. The Labute approximate surface area is 240 Å². The molecule has 39 heavy (non-hydrogen) atoms. The lowest BCUT2D eigenvalue weighted by Crippen LogP contribution is -2.17. The van der Waals surface area contributed by atoms with Crippen LogP contribution in [0.5, 0.6) is 0 Å². The van der Waals surface area contributed by atoms with Gasteiger partial charge in [-0.1, -0.05) is 120 Å². The van der Waals surface area contributed by atoms with Crippen LogP contribution in [0.1, 0.15) is 142 Å². The fourth-order valence-electron chi connectivity index (χ4n) is 4.21. The molecule has 0 bridgehead atoms. The fraction of sp³-hybridized carbons (Fsp3) is 0.657. The maximum atomic E-state index is 12.2. The number of carbonyl (C=O) groups is 2. The number of ether oxygens (including phenoxy) is 1. The van der Waals surface area contributed by atoms with Gasteiger partial charge in [-0.3, -0.25) is 9.59 Å². The Kier molecular flexibility index (Phi) is 28.4. The van der Waals surface area contributed by atoms with Gasteiger partial charge in [0.15, 0.2) is 0 Å². The van der Waals surface area contributed by atoms with Crippen LogP contribution in [0.4, 0.5) is 0 Å². The van der Waals surface area contributed by atoms with Crippen molar-refractivity contribution in [2.75, 3.05) is 0 Å². The standard InChI is InChI=1S/C35H58O4/c1-3-5-6-7-8-9-10-11-12-13-14-15-16-20-23-26-29-32-35(38)39-33(4-2)30-27-24-21-18-17-19-22-25-28-31-34(36)37/h5-6,8-9,11-12,14-15,20,23,33H,3-4,7,10,13,16-19,21-22,24-32H2,1-2H3,(H,36,37)/b6-5-,9-8-,12-11-,15-14-,23-20-. The minimum Gasteiger partial charge on any atom is -0.481 e. The van der Waals surface area contributed by atoms with E-state index >= 15 is 0 Å². The molecule has 0 aromatic carbocycles. The van der Waals surface area contributed by atoms with Crippen LogP contribution in [0, 0.1) is 0 Å². The van der Waals surface area contributed by atoms with E-state index in [1.165, 1.54) is 32.1 Å². The van der Waals surface area contributed by atoms with Crippen LogP contribution in [0.15, 0.2) is 60.8 Å². The molecule has 4 nitrogen and oxygen atoms in total. The van der Waals surface area contributed by atoms with Gasteiger partial charge in [-0.2, -0.15) is 0 Å². The van der Waals surface area contributed by atoms with Gasteiger partial charge >= 0.3 is 11.9 Å². The van der Waals surface area contributed by atoms with Gasteiger partial charge in [-0.05, 0) is 70.6 Å². The normalized spacial score (nSPS) is 13.1. The van der Waals surface area contributed by atoms with E-state index in [0.29, 0.717) is 12.8 Å². The Morgan fingerprint density at radius 2 is 1.05 bits per heavy atom. The Bertz CT molecular complexity index is 714. The summed E-state index contributed by atoms with van der Waals surface area (Å²) in [6, 6.07) is 0. The summed E-state index contributed by atoms with van der Waals surface area (Å²) in [5.41, 5.74) is 0. The second-order valence-electron chi connectivity index (χ2n) is 10.2. The first-order valence-corrected chi connectivity index (χ1v) is 15.8. The van der Waals surface area contributed by atoms with E-state index in [2.05, 4.69) is 74.6 Å². The van der Waals surface area contributed by atoms with Crippen molar-refractivity contribution in [3.63, 3.8) is 0 Å². The first-order chi connectivity index (χ1) is 19.1. The van der Waals surface area contributed by atoms with E-state index in [4.69, 9.17) is 9.84 Å². The van der Waals surface area contributed by atoms with Gasteiger partial charge in [0.2, 0.25) is 0 Å². The van der Waals surface area contributed by atoms with Crippen molar-refractivity contribution in [2.45, 2.75) is 148 Å². The molecule has 0 fully saturated rings. The topological polar surface area (TPSA) is 63.6 Å². The van der Waals surface area contributed by atoms with E-state index < -0.39 is 5.97 Å². The Morgan fingerprint density at radius 3 is 1.54 bits per heavy atom. The third-order valence-electron chi connectivity index (χ3n) is 6.58. The van der Waals surface area contributed by atoms with Crippen LogP contribution in [-0.2, 0) is 14.3 Å². The smallest absolute Gasteiger partial charge is 0.306 e. The van der Waals surface area contributed by atoms with Crippen LogP contribution >= 0.6 is 0 Å². The molecule has 1 atom stereocenters. The highest BCUT2D eigenvalue weighted by Gasteiger charge is 2.11. The van der Waals surface area contributed by atoms with Gasteiger partial charge in [-0.15, -0.1) is 0 Å². The van der Waals surface area contributed by atoms with E-state index in [-0.39, 0.29) is 12.1 Å². The van der Waals surface area contributed by atoms with Crippen molar-refractivity contribution in [1.29, 1.82) is 0 Å². The molecule has 0 amide bonds. The number of esters is 1. The molecule has 222 valence electrons. The number of rotatable bonds is 27. The van der Waals surface area contributed by atoms with E-state index in [0.717, 1.165) is 83.5 Å². The molecule has 1 N–H and O–H groups in total. The molecule has 0 aliphatic rings. The van der Waals surface area contributed by atoms with Gasteiger partial charge < -0.3 is 9.84 Å². The largest absolute Gasteiger partial charge is 0.481 e. The molecule has 0 rings (SSSR count). The predicted octanol–water partition coefficient (Wildman–Crippen LogP) is 10.6. The molecule has 0 saturated carbocycles. The average Bonchev–Trinajstić information content (AvgIpc) is 2.92. The van der Waals surface area contributed by atoms with Crippen molar-refractivity contribution in [2.24, 2.45) is 0 Å². The van der Waals surface area contributed by atoms with Crippen LogP contribution in [0.3, 0.4) is 0 Å². The summed E-state index contributed by atoms with van der Waals surface area (Å²) in [5.74, 6) is -0.746. The summed E-state index contributed by atoms with van der Waals surface area (Å²) in [5, 5.41) is 8.64. The van der Waals surface area contributed by atoms with Crippen molar-refractivity contribution >= 4 is 11.9 Å². The summed E-state index contributed by atoms with van der Waals surface area (Å²) in [4.78, 5) is 22.7. The molecule has 0 aromatic rings. The SMILES string of the molecule is CC/C=C\C/C=C\C/C=C\C/C=C\C/C=C\CCCC(=O)OC(CC)CCCCCCCCCCCC(=O)O. The van der Waals surface area contributed by atoms with Crippen LogP contribution in [-0.4, -0.2) is 23.1 Å². The molecule has 0 aliphatic heterocycles. The quantitative estimate of drug-likeness (QED) is 0.0637. The predicted molar refractivity (Wildman–Crippen MR) is 167 cm³/mol. The highest BCUT2D eigenvalue weighted by molar-refractivity contribution is 5.69. The van der Waals surface area contributed by atoms with E-state index in [1.54, 1.807) is 0 Å². The first-order valence-electron chi connectivity index (χ1n) is 15.8. The number of unbranched alkanes of at least 4 members (excludes halogenated alkanes) is 9. The van der Waals surface area contributed by atoms with Crippen LogP contribution in [0.2, 0.25) is 0 Å². The molecule has 0 spiro atoms. The minimum atomic E-state index is -0.688. The van der Waals surface area contributed by atoms with Crippen LogP contribution in [0.25, 0.3) is 0 Å². The number of carbonyl (C=O) groups excluding carboxylic acids is 1. The molecule has 1 unspecified atom stereocenters. The highest BCUT2D eigenvalue weighted by Crippen LogP contribution is 2.15. The zero-order chi connectivity index (χ0) is 28.7. The van der Waals surface area contributed by atoms with Crippen molar-refractivity contribution < 1.29 is 19.4 Å². The van der Waals surface area contributed by atoms with Gasteiger partial charge in [-0.25, -0.2) is 0 Å². The average molecular weight is 543 g/mol. The first kappa shape index (κ1) is 36.6. The molecule has 4 heteroatoms. The maximum absolute atomic E-state index is 12.2. The van der Waals surface area contributed by atoms with Gasteiger partial charge in [0, 0.05) is 12.8 Å². The Balaban J connectivity index is 3.65. The molecule has 0 saturated heterocycles. The lowest BCUT2D eigenvalue weighted by molar-refractivity contribution is -0.149. The maximum Gasteiger partial charge on any atom is 0.306 e. The van der Waals surface area contributed by atoms with Crippen molar-refractivity contribution in [3.8, 4) is 0 Å². The van der Waals surface area contributed by atoms with Gasteiger partial charge in [0.05, 0.1) is 0 Å². The molecular weight excluding hydrogens is 484 g/mol. The van der Waals surface area contributed by atoms with Crippen molar-refractivity contribution in [3.05, 3.63) is 60.8 Å². The molecule has 0 aliphatic carbocycles.